The number of alkyl halides is 1. The van der Waals surface area contributed by atoms with E-state index in [2.05, 4.69) is 9.73 Å². The predicted molar refractivity (Wildman–Crippen MR) is 61.4 cm³/mol. The summed E-state index contributed by atoms with van der Waals surface area (Å²) in [7, 11) is 1.12. The molecule has 0 radical (unpaired) electrons. The molecule has 0 bridgehead atoms. The van der Waals surface area contributed by atoms with Crippen LogP contribution in [0.4, 0.5) is 10.1 Å². The van der Waals surface area contributed by atoms with Gasteiger partial charge in [0.15, 0.2) is 0 Å². The fraction of sp³-hybridized carbons (Fsp3) is 0.200. The maximum absolute atomic E-state index is 13.3. The normalized spacial score (nSPS) is 11.4. The minimum absolute atomic E-state index is 0.0318. The van der Waals surface area contributed by atoms with Crippen LogP contribution in [0.2, 0.25) is 0 Å². The molecule has 1 rings (SSSR count). The SMILES string of the molecule is COC(=O)c1cc(N=C(N)CCl)c(O)cc1F. The minimum atomic E-state index is -0.905. The van der Waals surface area contributed by atoms with E-state index in [4.69, 9.17) is 17.3 Å². The quantitative estimate of drug-likeness (QED) is 0.374. The molecule has 17 heavy (non-hydrogen) atoms. The Balaban J connectivity index is 3.29. The summed E-state index contributed by atoms with van der Waals surface area (Å²) in [5, 5.41) is 9.42. The number of ether oxygens (including phenoxy) is 1. The summed E-state index contributed by atoms with van der Waals surface area (Å²) in [5.41, 5.74) is 4.98. The van der Waals surface area contributed by atoms with E-state index >= 15 is 0 Å². The summed E-state index contributed by atoms with van der Waals surface area (Å²) in [6.45, 7) is 0. The van der Waals surface area contributed by atoms with Crippen LogP contribution in [0.3, 0.4) is 0 Å². The number of hydrogen-bond donors (Lipinski definition) is 2. The number of carbonyl (C=O) groups is 1. The molecule has 0 aliphatic carbocycles. The molecular formula is C10H10ClFN2O3. The van der Waals surface area contributed by atoms with Crippen LogP contribution in [-0.2, 0) is 4.74 Å². The highest BCUT2D eigenvalue weighted by atomic mass is 35.5. The highest BCUT2D eigenvalue weighted by Crippen LogP contribution is 2.29. The van der Waals surface area contributed by atoms with E-state index in [1.54, 1.807) is 0 Å². The van der Waals surface area contributed by atoms with E-state index in [1.165, 1.54) is 0 Å². The highest BCUT2D eigenvalue weighted by Gasteiger charge is 2.16. The topological polar surface area (TPSA) is 84.9 Å². The number of nitrogens with two attached hydrogens (primary N) is 1. The van der Waals surface area contributed by atoms with E-state index in [0.29, 0.717) is 0 Å². The lowest BCUT2D eigenvalue weighted by molar-refractivity contribution is 0.0595. The summed E-state index contributed by atoms with van der Waals surface area (Å²) in [5.74, 6) is -2.24. The standard InChI is InChI=1S/C10H10ClFN2O3/c1-17-10(16)5-2-7(14-9(13)4-11)8(15)3-6(5)12/h2-3,15H,4H2,1H3,(H2,13,14). The maximum atomic E-state index is 13.3. The van der Waals surface area contributed by atoms with Crippen molar-refractivity contribution in [2.24, 2.45) is 10.7 Å². The van der Waals surface area contributed by atoms with Gasteiger partial charge in [-0.2, -0.15) is 0 Å². The zero-order chi connectivity index (χ0) is 13.0. The second-order valence-corrected chi connectivity index (χ2v) is 3.32. The van der Waals surface area contributed by atoms with Gasteiger partial charge in [-0.25, -0.2) is 14.2 Å². The molecule has 7 heteroatoms. The van der Waals surface area contributed by atoms with Crippen LogP contribution in [0.1, 0.15) is 10.4 Å². The van der Waals surface area contributed by atoms with Crippen LogP contribution in [0.25, 0.3) is 0 Å². The first kappa shape index (κ1) is 13.2. The van der Waals surface area contributed by atoms with Crippen molar-refractivity contribution < 1.29 is 19.0 Å². The van der Waals surface area contributed by atoms with Crippen molar-refractivity contribution >= 4 is 29.1 Å². The molecule has 0 aromatic heterocycles. The average Bonchev–Trinajstić information content (AvgIpc) is 2.31. The number of esters is 1. The molecule has 0 amide bonds. The van der Waals surface area contributed by atoms with Gasteiger partial charge in [0.2, 0.25) is 0 Å². The van der Waals surface area contributed by atoms with Crippen molar-refractivity contribution in [1.29, 1.82) is 0 Å². The maximum Gasteiger partial charge on any atom is 0.340 e. The van der Waals surface area contributed by atoms with E-state index < -0.39 is 17.5 Å². The molecule has 1 aromatic rings. The zero-order valence-electron chi connectivity index (χ0n) is 8.91. The van der Waals surface area contributed by atoms with Gasteiger partial charge in [-0.1, -0.05) is 0 Å². The fourth-order valence-electron chi connectivity index (χ4n) is 1.09. The molecule has 0 heterocycles. The molecule has 0 aliphatic heterocycles. The molecular weight excluding hydrogens is 251 g/mol. The number of halogens is 2. The van der Waals surface area contributed by atoms with Crippen molar-refractivity contribution in [1.82, 2.24) is 0 Å². The third-order valence-electron chi connectivity index (χ3n) is 1.87. The highest BCUT2D eigenvalue weighted by molar-refractivity contribution is 6.28. The van der Waals surface area contributed by atoms with Crippen molar-refractivity contribution in [3.63, 3.8) is 0 Å². The van der Waals surface area contributed by atoms with Gasteiger partial charge in [-0.05, 0) is 6.07 Å². The Hall–Kier alpha value is -1.82. The summed E-state index contributed by atoms with van der Waals surface area (Å²) in [6, 6.07) is 1.79. The molecule has 1 aromatic carbocycles. The summed E-state index contributed by atoms with van der Waals surface area (Å²) in [6.07, 6.45) is 0. The lowest BCUT2D eigenvalue weighted by Crippen LogP contribution is -2.12. The third kappa shape index (κ3) is 3.07. The second kappa shape index (κ2) is 5.49. The van der Waals surface area contributed by atoms with E-state index in [9.17, 15) is 14.3 Å². The number of carbonyl (C=O) groups excluding carboxylic acids is 1. The van der Waals surface area contributed by atoms with Crippen molar-refractivity contribution in [3.8, 4) is 5.75 Å². The van der Waals surface area contributed by atoms with Crippen LogP contribution in [0.5, 0.6) is 5.75 Å². The van der Waals surface area contributed by atoms with Gasteiger partial charge in [-0.3, -0.25) is 0 Å². The number of methoxy groups -OCH3 is 1. The van der Waals surface area contributed by atoms with E-state index in [1.807, 2.05) is 0 Å². The number of aromatic hydroxyl groups is 1. The molecule has 0 saturated carbocycles. The van der Waals surface area contributed by atoms with Crippen LogP contribution in [-0.4, -0.2) is 29.9 Å². The Bertz CT molecular complexity index is 477. The molecule has 0 spiro atoms. The van der Waals surface area contributed by atoms with Gasteiger partial charge in [-0.15, -0.1) is 11.6 Å². The Morgan fingerprint density at radius 3 is 2.82 bits per heavy atom. The number of benzene rings is 1. The fourth-order valence-corrected chi connectivity index (χ4v) is 1.15. The first-order chi connectivity index (χ1) is 7.99. The molecule has 0 unspecified atom stereocenters. The van der Waals surface area contributed by atoms with Crippen LogP contribution in [0.15, 0.2) is 17.1 Å². The monoisotopic (exact) mass is 260 g/mol. The molecule has 5 nitrogen and oxygen atoms in total. The number of amidine groups is 1. The van der Waals surface area contributed by atoms with Gasteiger partial charge in [0.05, 0.1) is 18.6 Å². The average molecular weight is 261 g/mol. The smallest absolute Gasteiger partial charge is 0.340 e. The Kier molecular flexibility index (Phi) is 4.28. The van der Waals surface area contributed by atoms with Gasteiger partial charge in [0.1, 0.15) is 23.1 Å². The summed E-state index contributed by atoms with van der Waals surface area (Å²) < 4.78 is 17.7. The summed E-state index contributed by atoms with van der Waals surface area (Å²) in [4.78, 5) is 14.9. The van der Waals surface area contributed by atoms with Gasteiger partial charge < -0.3 is 15.6 Å². The minimum Gasteiger partial charge on any atom is -0.506 e. The number of nitrogens with zero attached hydrogens (tertiary/aromatic N) is 1. The van der Waals surface area contributed by atoms with Crippen LogP contribution >= 0.6 is 11.6 Å². The number of phenolic OH excluding ortho intramolecular Hbond substituents is 1. The van der Waals surface area contributed by atoms with Gasteiger partial charge >= 0.3 is 5.97 Å². The Morgan fingerprint density at radius 2 is 2.29 bits per heavy atom. The molecule has 92 valence electrons. The zero-order valence-corrected chi connectivity index (χ0v) is 9.66. The Labute approximate surface area is 102 Å². The van der Waals surface area contributed by atoms with Gasteiger partial charge in [0, 0.05) is 6.07 Å². The van der Waals surface area contributed by atoms with E-state index in [0.717, 1.165) is 19.2 Å². The summed E-state index contributed by atoms with van der Waals surface area (Å²) >= 11 is 5.41. The van der Waals surface area contributed by atoms with Gasteiger partial charge in [0.25, 0.3) is 0 Å². The number of rotatable bonds is 3. The third-order valence-corrected chi connectivity index (χ3v) is 2.14. The molecule has 0 fully saturated rings. The molecule has 0 atom stereocenters. The van der Waals surface area contributed by atoms with Crippen molar-refractivity contribution in [3.05, 3.63) is 23.5 Å². The van der Waals surface area contributed by atoms with Crippen molar-refractivity contribution in [2.75, 3.05) is 13.0 Å². The van der Waals surface area contributed by atoms with E-state index in [-0.39, 0.29) is 23.0 Å². The first-order valence-electron chi connectivity index (χ1n) is 4.49. The number of hydrogen-bond acceptors (Lipinski definition) is 4. The second-order valence-electron chi connectivity index (χ2n) is 3.05. The molecule has 0 aliphatic rings. The number of phenols is 1. The largest absolute Gasteiger partial charge is 0.506 e. The lowest BCUT2D eigenvalue weighted by Gasteiger charge is -2.05. The van der Waals surface area contributed by atoms with Crippen LogP contribution < -0.4 is 5.73 Å². The lowest BCUT2D eigenvalue weighted by atomic mass is 10.1. The molecule has 0 saturated heterocycles. The Morgan fingerprint density at radius 1 is 1.65 bits per heavy atom. The molecule has 3 N–H and O–H groups in total. The number of aliphatic imine (C=N–C) groups is 1. The van der Waals surface area contributed by atoms with Crippen LogP contribution in [0, 0.1) is 5.82 Å². The first-order valence-corrected chi connectivity index (χ1v) is 5.03. The van der Waals surface area contributed by atoms with Crippen molar-refractivity contribution in [2.45, 2.75) is 0 Å². The predicted octanol–water partition coefficient (Wildman–Crippen LogP) is 1.55.